The summed E-state index contributed by atoms with van der Waals surface area (Å²) in [6.45, 7) is 2.41. The number of para-hydroxylation sites is 1. The van der Waals surface area contributed by atoms with Gasteiger partial charge in [-0.2, -0.15) is 8.42 Å². The predicted octanol–water partition coefficient (Wildman–Crippen LogP) is 2.56. The Bertz CT molecular complexity index is 710. The van der Waals surface area contributed by atoms with E-state index >= 15 is 0 Å². The van der Waals surface area contributed by atoms with Gasteiger partial charge >= 0.3 is 0 Å². The van der Waals surface area contributed by atoms with Crippen LogP contribution in [0.15, 0.2) is 41.6 Å². The number of hydrogen-bond acceptors (Lipinski definition) is 4. The number of nitrogens with one attached hydrogen (secondary N) is 2. The summed E-state index contributed by atoms with van der Waals surface area (Å²) in [6, 6.07) is 8.38. The number of pyridine rings is 1. The highest BCUT2D eigenvalue weighted by molar-refractivity contribution is 7.92. The largest absolute Gasteiger partial charge is 0.316 e. The highest BCUT2D eigenvalue weighted by Crippen LogP contribution is 2.27. The van der Waals surface area contributed by atoms with Crippen LogP contribution < -0.4 is 10.0 Å². The fourth-order valence-corrected chi connectivity index (χ4v) is 3.23. The molecule has 0 spiro atoms. The van der Waals surface area contributed by atoms with Crippen LogP contribution in [0.2, 0.25) is 5.02 Å². The van der Waals surface area contributed by atoms with E-state index in [1.807, 2.05) is 7.05 Å². The van der Waals surface area contributed by atoms with Crippen molar-refractivity contribution in [2.75, 3.05) is 11.8 Å². The summed E-state index contributed by atoms with van der Waals surface area (Å²) in [7, 11) is -1.94. The second kappa shape index (κ2) is 6.43. The number of aromatic nitrogens is 1. The van der Waals surface area contributed by atoms with Crippen LogP contribution in [0.5, 0.6) is 0 Å². The Labute approximate surface area is 129 Å². The molecule has 0 aliphatic carbocycles. The molecule has 0 bridgehead atoms. The molecular formula is C14H16ClN3O2S. The van der Waals surface area contributed by atoms with Crippen molar-refractivity contribution >= 4 is 27.3 Å². The lowest BCUT2D eigenvalue weighted by molar-refractivity contribution is 0.597. The monoisotopic (exact) mass is 325 g/mol. The molecule has 21 heavy (non-hydrogen) atoms. The van der Waals surface area contributed by atoms with Gasteiger partial charge in [0.05, 0.1) is 10.7 Å². The van der Waals surface area contributed by atoms with E-state index in [-0.39, 0.29) is 5.03 Å². The summed E-state index contributed by atoms with van der Waals surface area (Å²) in [5.41, 5.74) is 2.03. The SMILES string of the molecule is CNCc1ccc(S(=O)(=O)Nc2c(C)cccc2Cl)nc1. The Balaban J connectivity index is 2.30. The minimum Gasteiger partial charge on any atom is -0.316 e. The van der Waals surface area contributed by atoms with Crippen molar-refractivity contribution in [3.05, 3.63) is 52.7 Å². The molecule has 0 aliphatic rings. The van der Waals surface area contributed by atoms with Gasteiger partial charge in [0.15, 0.2) is 5.03 Å². The van der Waals surface area contributed by atoms with Crippen molar-refractivity contribution < 1.29 is 8.42 Å². The van der Waals surface area contributed by atoms with Crippen molar-refractivity contribution in [1.82, 2.24) is 10.3 Å². The van der Waals surface area contributed by atoms with Crippen LogP contribution in [-0.2, 0) is 16.6 Å². The second-order valence-electron chi connectivity index (χ2n) is 4.57. The van der Waals surface area contributed by atoms with E-state index in [0.717, 1.165) is 11.1 Å². The lowest BCUT2D eigenvalue weighted by Crippen LogP contribution is -2.16. The summed E-state index contributed by atoms with van der Waals surface area (Å²) >= 11 is 6.03. The predicted molar refractivity (Wildman–Crippen MR) is 84.0 cm³/mol. The Kier molecular flexibility index (Phi) is 4.82. The van der Waals surface area contributed by atoms with Gasteiger partial charge in [-0.05, 0) is 37.2 Å². The van der Waals surface area contributed by atoms with Crippen LogP contribution in [0.25, 0.3) is 0 Å². The molecule has 112 valence electrons. The van der Waals surface area contributed by atoms with Crippen molar-refractivity contribution in [2.45, 2.75) is 18.5 Å². The standard InChI is InChI=1S/C14H16ClN3O2S/c1-10-4-3-5-12(15)14(10)18-21(19,20)13-7-6-11(8-16-2)9-17-13/h3-7,9,16,18H,8H2,1-2H3. The maximum atomic E-state index is 12.3. The number of anilines is 1. The van der Waals surface area contributed by atoms with Gasteiger partial charge in [-0.1, -0.05) is 29.8 Å². The zero-order chi connectivity index (χ0) is 15.5. The third-order valence-corrected chi connectivity index (χ3v) is 4.49. The normalized spacial score (nSPS) is 11.4. The van der Waals surface area contributed by atoms with Gasteiger partial charge in [0.25, 0.3) is 10.0 Å². The molecule has 2 N–H and O–H groups in total. The molecule has 1 aromatic carbocycles. The summed E-state index contributed by atoms with van der Waals surface area (Å²) in [4.78, 5) is 3.99. The van der Waals surface area contributed by atoms with E-state index in [0.29, 0.717) is 17.3 Å². The van der Waals surface area contributed by atoms with Crippen LogP contribution in [0.4, 0.5) is 5.69 Å². The van der Waals surface area contributed by atoms with E-state index in [1.165, 1.54) is 12.3 Å². The Hall–Kier alpha value is -1.63. The highest BCUT2D eigenvalue weighted by atomic mass is 35.5. The first-order valence-electron chi connectivity index (χ1n) is 6.31. The molecule has 2 aromatic rings. The fraction of sp³-hybridized carbons (Fsp3) is 0.214. The van der Waals surface area contributed by atoms with Crippen LogP contribution in [0, 0.1) is 6.92 Å². The summed E-state index contributed by atoms with van der Waals surface area (Å²) in [6.07, 6.45) is 1.53. The summed E-state index contributed by atoms with van der Waals surface area (Å²) in [5.74, 6) is 0. The highest BCUT2D eigenvalue weighted by Gasteiger charge is 2.18. The van der Waals surface area contributed by atoms with E-state index < -0.39 is 10.0 Å². The number of halogens is 1. The molecule has 7 heteroatoms. The Morgan fingerprint density at radius 2 is 2.00 bits per heavy atom. The average molecular weight is 326 g/mol. The van der Waals surface area contributed by atoms with Crippen molar-refractivity contribution in [3.63, 3.8) is 0 Å². The van der Waals surface area contributed by atoms with E-state index in [1.54, 1.807) is 31.2 Å². The smallest absolute Gasteiger partial charge is 0.279 e. The molecule has 0 saturated heterocycles. The van der Waals surface area contributed by atoms with Crippen LogP contribution in [-0.4, -0.2) is 20.4 Å². The molecule has 0 fully saturated rings. The maximum absolute atomic E-state index is 12.3. The molecule has 0 radical (unpaired) electrons. The van der Waals surface area contributed by atoms with Gasteiger partial charge in [-0.15, -0.1) is 0 Å². The van der Waals surface area contributed by atoms with Crippen molar-refractivity contribution in [1.29, 1.82) is 0 Å². The molecule has 1 heterocycles. The number of sulfonamides is 1. The van der Waals surface area contributed by atoms with E-state index in [9.17, 15) is 8.42 Å². The van der Waals surface area contributed by atoms with E-state index in [2.05, 4.69) is 15.0 Å². The molecule has 0 saturated carbocycles. The lowest BCUT2D eigenvalue weighted by atomic mass is 10.2. The lowest BCUT2D eigenvalue weighted by Gasteiger charge is -2.11. The molecular weight excluding hydrogens is 310 g/mol. The average Bonchev–Trinajstić information content (AvgIpc) is 2.44. The maximum Gasteiger partial charge on any atom is 0.279 e. The summed E-state index contributed by atoms with van der Waals surface area (Å²) < 4.78 is 27.1. The van der Waals surface area contributed by atoms with Gasteiger partial charge in [0.1, 0.15) is 0 Å². The topological polar surface area (TPSA) is 71.1 Å². The number of hydrogen-bond donors (Lipinski definition) is 2. The van der Waals surface area contributed by atoms with Crippen LogP contribution in [0.1, 0.15) is 11.1 Å². The molecule has 1 aromatic heterocycles. The van der Waals surface area contributed by atoms with Crippen LogP contribution >= 0.6 is 11.6 Å². The fourth-order valence-electron chi connectivity index (χ4n) is 1.83. The third-order valence-electron chi connectivity index (χ3n) is 2.91. The second-order valence-corrected chi connectivity index (χ2v) is 6.61. The Morgan fingerprint density at radius 1 is 1.24 bits per heavy atom. The van der Waals surface area contributed by atoms with Gasteiger partial charge in [-0.25, -0.2) is 4.98 Å². The molecule has 2 rings (SSSR count). The summed E-state index contributed by atoms with van der Waals surface area (Å²) in [5, 5.41) is 3.29. The van der Waals surface area contributed by atoms with Gasteiger partial charge in [-0.3, -0.25) is 4.72 Å². The minimum absolute atomic E-state index is 0.0401. The van der Waals surface area contributed by atoms with Gasteiger partial charge in [0, 0.05) is 12.7 Å². The van der Waals surface area contributed by atoms with Crippen molar-refractivity contribution in [3.8, 4) is 0 Å². The first-order valence-corrected chi connectivity index (χ1v) is 8.17. The number of nitrogens with zero attached hydrogens (tertiary/aromatic N) is 1. The van der Waals surface area contributed by atoms with Gasteiger partial charge in [0.2, 0.25) is 0 Å². The zero-order valence-corrected chi connectivity index (χ0v) is 13.3. The minimum atomic E-state index is -3.76. The first kappa shape index (κ1) is 15.8. The molecule has 5 nitrogen and oxygen atoms in total. The van der Waals surface area contributed by atoms with E-state index in [4.69, 9.17) is 11.6 Å². The first-order chi connectivity index (χ1) is 9.94. The van der Waals surface area contributed by atoms with Crippen molar-refractivity contribution in [2.24, 2.45) is 0 Å². The number of benzene rings is 1. The Morgan fingerprint density at radius 3 is 2.57 bits per heavy atom. The number of rotatable bonds is 5. The zero-order valence-electron chi connectivity index (χ0n) is 11.7. The molecule has 0 atom stereocenters. The molecule has 0 unspecified atom stereocenters. The van der Waals surface area contributed by atoms with Gasteiger partial charge < -0.3 is 5.32 Å². The van der Waals surface area contributed by atoms with Crippen LogP contribution in [0.3, 0.4) is 0 Å². The molecule has 0 amide bonds. The third kappa shape index (κ3) is 3.72. The quantitative estimate of drug-likeness (QED) is 0.886. The number of aryl methyl sites for hydroxylation is 1. The molecule has 0 aliphatic heterocycles.